The predicted molar refractivity (Wildman–Crippen MR) is 111 cm³/mol. The van der Waals surface area contributed by atoms with Crippen molar-refractivity contribution in [3.05, 3.63) is 22.7 Å². The molecular formula is C18H31N5O6P+. The number of rotatable bonds is 9. The fourth-order valence-electron chi connectivity index (χ4n) is 3.78. The van der Waals surface area contributed by atoms with Crippen LogP contribution in [0, 0.1) is 11.3 Å². The minimum atomic E-state index is -3.35. The van der Waals surface area contributed by atoms with E-state index in [1.807, 2.05) is 33.8 Å². The first kappa shape index (κ1) is 24.6. The molecule has 0 aliphatic carbocycles. The molecule has 0 radical (unpaired) electrons. The van der Waals surface area contributed by atoms with Gasteiger partial charge in [0.1, 0.15) is 24.2 Å². The highest BCUT2D eigenvalue weighted by molar-refractivity contribution is 7.63. The Morgan fingerprint density at radius 3 is 2.57 bits per heavy atom. The average molecular weight is 444 g/mol. The fourth-order valence-corrected chi connectivity index (χ4v) is 6.71. The summed E-state index contributed by atoms with van der Waals surface area (Å²) >= 11 is 0. The molecular weight excluding hydrogens is 413 g/mol. The maximum atomic E-state index is 12.2. The number of nitrogens with two attached hydrogens (primary N) is 1. The minimum absolute atomic E-state index is 0.0246. The summed E-state index contributed by atoms with van der Waals surface area (Å²) in [6, 6.07) is 3.20. The molecule has 0 spiro atoms. The number of aliphatic hydroxyl groups is 2. The van der Waals surface area contributed by atoms with Gasteiger partial charge in [-0.3, -0.25) is 4.57 Å². The smallest absolute Gasteiger partial charge is 0.351 e. The highest BCUT2D eigenvalue weighted by atomic mass is 31.2. The third kappa shape index (κ3) is 5.15. The molecule has 1 aliphatic rings. The van der Waals surface area contributed by atoms with Crippen LogP contribution in [0.15, 0.2) is 17.1 Å². The maximum absolute atomic E-state index is 12.2. The predicted octanol–water partition coefficient (Wildman–Crippen LogP) is 0.249. The van der Waals surface area contributed by atoms with Gasteiger partial charge in [-0.15, -0.1) is 4.67 Å². The molecule has 0 amide bonds. The normalized spacial score (nSPS) is 26.3. The van der Waals surface area contributed by atoms with Crippen molar-refractivity contribution in [1.29, 1.82) is 5.26 Å². The summed E-state index contributed by atoms with van der Waals surface area (Å²) in [5.41, 5.74) is 4.78. The number of nitriles is 1. The number of anilines is 1. The number of hydrogen-bond acceptors (Lipinski definition) is 10. The summed E-state index contributed by atoms with van der Waals surface area (Å²) in [6.07, 6.45) is -3.22. The third-order valence-electron chi connectivity index (χ3n) is 4.84. The standard InChI is InChI=1S/C18H30N5O6P/c1-11(2)23(12(3)4)30(27,9-5-7-19)29-16-13(10-24)28-17(15(16)25)22-8-6-14(20)21-18(22)26/h6,8,11-13,15-17,24-25,27H,5,9-10H2,1-4H3,(H-,20,21,26)/p+1/t13-,15-,16-,17-,30?/m1/s1. The first-order valence-corrected chi connectivity index (χ1v) is 11.6. The van der Waals surface area contributed by atoms with Crippen LogP contribution in [0.3, 0.4) is 0 Å². The summed E-state index contributed by atoms with van der Waals surface area (Å²) in [4.78, 5) is 27.3. The lowest BCUT2D eigenvalue weighted by molar-refractivity contribution is -0.0546. The van der Waals surface area contributed by atoms with E-state index in [1.54, 1.807) is 4.67 Å². The van der Waals surface area contributed by atoms with E-state index in [9.17, 15) is 19.9 Å². The minimum Gasteiger partial charge on any atom is -0.394 e. The molecule has 5 atom stereocenters. The Kier molecular flexibility index (Phi) is 8.30. The molecule has 1 unspecified atom stereocenters. The molecule has 168 valence electrons. The van der Waals surface area contributed by atoms with Crippen LogP contribution < -0.4 is 11.4 Å². The van der Waals surface area contributed by atoms with Gasteiger partial charge in [0.2, 0.25) is 0 Å². The van der Waals surface area contributed by atoms with Crippen LogP contribution in [0.2, 0.25) is 0 Å². The van der Waals surface area contributed by atoms with E-state index in [4.69, 9.17) is 20.3 Å². The second-order valence-corrected chi connectivity index (χ2v) is 10.2. The molecule has 2 rings (SSSR count). The van der Waals surface area contributed by atoms with E-state index < -0.39 is 44.7 Å². The lowest BCUT2D eigenvalue weighted by atomic mass is 10.1. The molecule has 1 saturated heterocycles. The molecule has 0 aromatic carbocycles. The van der Waals surface area contributed by atoms with E-state index >= 15 is 0 Å². The highest BCUT2D eigenvalue weighted by Crippen LogP contribution is 2.63. The Hall–Kier alpha value is -1.64. The number of hydrogen-bond donors (Lipinski definition) is 4. The quantitative estimate of drug-likeness (QED) is 0.388. The number of nitrogen functional groups attached to an aromatic ring is 1. The third-order valence-corrected chi connectivity index (χ3v) is 7.87. The molecule has 0 saturated carbocycles. The number of aromatic nitrogens is 2. The Morgan fingerprint density at radius 2 is 2.07 bits per heavy atom. The zero-order valence-electron chi connectivity index (χ0n) is 17.6. The van der Waals surface area contributed by atoms with Gasteiger partial charge in [-0.2, -0.15) is 14.8 Å². The SMILES string of the molecule is CC(C)N(C(C)C)[P+](O)(CCC#N)O[C@H]1[C@@H](O)[C@H](n2ccc(N)nc2=O)O[C@@H]1CO. The van der Waals surface area contributed by atoms with E-state index in [0.717, 1.165) is 4.57 Å². The van der Waals surface area contributed by atoms with Crippen LogP contribution in [0.1, 0.15) is 40.3 Å². The van der Waals surface area contributed by atoms with E-state index in [0.29, 0.717) is 0 Å². The van der Waals surface area contributed by atoms with Crippen molar-refractivity contribution < 1.29 is 24.4 Å². The van der Waals surface area contributed by atoms with Gasteiger partial charge in [0.05, 0.1) is 19.1 Å². The van der Waals surface area contributed by atoms with Gasteiger partial charge in [-0.25, -0.2) is 9.69 Å². The topological polar surface area (TPSA) is 167 Å². The second kappa shape index (κ2) is 10.1. The molecule has 1 fully saturated rings. The van der Waals surface area contributed by atoms with Gasteiger partial charge in [0.25, 0.3) is 0 Å². The van der Waals surface area contributed by atoms with Gasteiger partial charge < -0.3 is 20.7 Å². The van der Waals surface area contributed by atoms with E-state index in [2.05, 4.69) is 4.98 Å². The highest BCUT2D eigenvalue weighted by Gasteiger charge is 2.57. The van der Waals surface area contributed by atoms with Gasteiger partial charge in [-0.05, 0) is 33.8 Å². The molecule has 0 bridgehead atoms. The van der Waals surface area contributed by atoms with Crippen molar-refractivity contribution in [3.8, 4) is 6.07 Å². The van der Waals surface area contributed by atoms with Crippen LogP contribution in [0.4, 0.5) is 5.82 Å². The molecule has 1 aromatic rings. The molecule has 2 heterocycles. The zero-order chi connectivity index (χ0) is 22.6. The molecule has 1 aliphatic heterocycles. The molecule has 30 heavy (non-hydrogen) atoms. The average Bonchev–Trinajstić information content (AvgIpc) is 2.95. The number of aliphatic hydroxyl groups excluding tert-OH is 2. The van der Waals surface area contributed by atoms with Crippen LogP contribution in [0.25, 0.3) is 0 Å². The Balaban J connectivity index is 2.38. The number of ether oxygens (including phenoxy) is 1. The molecule has 11 nitrogen and oxygen atoms in total. The summed E-state index contributed by atoms with van der Waals surface area (Å²) in [5, 5.41) is 29.7. The second-order valence-electron chi connectivity index (χ2n) is 7.71. The van der Waals surface area contributed by atoms with Crippen molar-refractivity contribution in [2.24, 2.45) is 0 Å². The Morgan fingerprint density at radius 1 is 1.43 bits per heavy atom. The molecule has 1 aromatic heterocycles. The molecule has 5 N–H and O–H groups in total. The van der Waals surface area contributed by atoms with E-state index in [1.165, 1.54) is 12.3 Å². The van der Waals surface area contributed by atoms with Crippen LogP contribution in [-0.4, -0.2) is 72.5 Å². The fraction of sp³-hybridized carbons (Fsp3) is 0.722. The van der Waals surface area contributed by atoms with Crippen molar-refractivity contribution in [1.82, 2.24) is 14.2 Å². The number of nitrogens with zero attached hydrogens (tertiary/aromatic N) is 4. The monoisotopic (exact) mass is 444 g/mol. The van der Waals surface area contributed by atoms with Gasteiger partial charge in [0.15, 0.2) is 12.3 Å². The Bertz CT molecular complexity index is 807. The van der Waals surface area contributed by atoms with Crippen LogP contribution in [-0.2, 0) is 9.26 Å². The Labute approximate surface area is 176 Å². The van der Waals surface area contributed by atoms with Crippen molar-refractivity contribution >= 4 is 13.7 Å². The lowest BCUT2D eigenvalue weighted by Crippen LogP contribution is -2.44. The van der Waals surface area contributed by atoms with Gasteiger partial charge in [0, 0.05) is 18.3 Å². The van der Waals surface area contributed by atoms with Gasteiger partial charge in [-0.1, -0.05) is 0 Å². The van der Waals surface area contributed by atoms with Crippen LogP contribution >= 0.6 is 7.87 Å². The van der Waals surface area contributed by atoms with Crippen LogP contribution in [0.5, 0.6) is 0 Å². The molecule has 12 heteroatoms. The van der Waals surface area contributed by atoms with Gasteiger partial charge >= 0.3 is 13.6 Å². The summed E-state index contributed by atoms with van der Waals surface area (Å²) < 4.78 is 14.6. The van der Waals surface area contributed by atoms with Crippen molar-refractivity contribution in [3.63, 3.8) is 0 Å². The van der Waals surface area contributed by atoms with Crippen molar-refractivity contribution in [2.45, 2.75) is 70.7 Å². The maximum Gasteiger partial charge on any atom is 0.351 e. The summed E-state index contributed by atoms with van der Waals surface area (Å²) in [6.45, 7) is 7.09. The van der Waals surface area contributed by atoms with E-state index in [-0.39, 0.29) is 30.5 Å². The lowest BCUT2D eigenvalue weighted by Gasteiger charge is -2.36. The zero-order valence-corrected chi connectivity index (χ0v) is 18.5. The summed E-state index contributed by atoms with van der Waals surface area (Å²) in [5.74, 6) is 0.0246. The van der Waals surface area contributed by atoms with Crippen molar-refractivity contribution in [2.75, 3.05) is 18.5 Å². The first-order valence-electron chi connectivity index (χ1n) is 9.79. The largest absolute Gasteiger partial charge is 0.394 e. The summed E-state index contributed by atoms with van der Waals surface area (Å²) in [7, 11) is -3.35. The first-order chi connectivity index (χ1) is 14.1.